The average molecular weight is 545 g/mol. The number of hydrazone groups is 1. The predicted octanol–water partition coefficient (Wildman–Crippen LogP) is 8.06. The lowest BCUT2D eigenvalue weighted by Crippen LogP contribution is -2.37. The van der Waals surface area contributed by atoms with Crippen molar-refractivity contribution in [2.45, 2.75) is 57.9 Å². The normalized spacial score (nSPS) is 20.2. The Kier molecular flexibility index (Phi) is 7.15. The molecule has 7 heteroatoms. The Hall–Kier alpha value is -3.61. The average Bonchev–Trinajstić information content (AvgIpc) is 3.48. The van der Waals surface area contributed by atoms with E-state index in [2.05, 4.69) is 28.5 Å². The second-order valence-electron chi connectivity index (χ2n) is 11.9. The Bertz CT molecular complexity index is 1420. The highest BCUT2D eigenvalue weighted by Gasteiger charge is 2.36. The van der Waals surface area contributed by atoms with E-state index in [4.69, 9.17) is 0 Å². The number of piperidine rings is 1. The summed E-state index contributed by atoms with van der Waals surface area (Å²) in [5.74, 6) is -0.362. The van der Waals surface area contributed by atoms with E-state index >= 15 is 0 Å². The first kappa shape index (κ1) is 26.6. The van der Waals surface area contributed by atoms with Crippen LogP contribution in [0.3, 0.4) is 0 Å². The molecule has 1 saturated heterocycles. The van der Waals surface area contributed by atoms with Crippen LogP contribution in [0.25, 0.3) is 11.1 Å². The molecule has 6 rings (SSSR count). The Morgan fingerprint density at radius 2 is 1.75 bits per heavy atom. The third-order valence-corrected chi connectivity index (χ3v) is 8.89. The fourth-order valence-electron chi connectivity index (χ4n) is 5.98. The molecule has 4 nitrogen and oxygen atoms in total. The van der Waals surface area contributed by atoms with Crippen LogP contribution < -0.4 is 4.90 Å². The number of aryl methyl sites for hydroxylation is 1. The lowest BCUT2D eigenvalue weighted by Gasteiger charge is -2.37. The molecule has 2 fully saturated rings. The first-order valence-electron chi connectivity index (χ1n) is 14.2. The standard InChI is InChI=1S/C33H35F3N4/c1-22(40-31(7-14-38-40)26-18-27(34)21-28(35)19-26)24-8-15-39(16-9-24)32-20-25(6-13-37-32)29-17-23(3-4-30(29)36)5-10-33(2)11-12-33/h3-4,6,13-14,17-21,24,31H,1,5,7-12,15-16H2,2H3. The second-order valence-corrected chi connectivity index (χ2v) is 11.9. The van der Waals surface area contributed by atoms with Gasteiger partial charge in [-0.3, -0.25) is 5.01 Å². The maximum Gasteiger partial charge on any atom is 0.131 e. The van der Waals surface area contributed by atoms with Crippen molar-refractivity contribution >= 4 is 12.0 Å². The van der Waals surface area contributed by atoms with Crippen molar-refractivity contribution in [3.8, 4) is 11.1 Å². The number of anilines is 1. The van der Waals surface area contributed by atoms with Crippen LogP contribution in [0, 0.1) is 28.8 Å². The molecule has 2 aliphatic heterocycles. The fourth-order valence-corrected chi connectivity index (χ4v) is 5.98. The molecule has 208 valence electrons. The van der Waals surface area contributed by atoms with Gasteiger partial charge in [-0.2, -0.15) is 5.10 Å². The molecule has 1 aromatic heterocycles. The Balaban J connectivity index is 1.11. The molecular weight excluding hydrogens is 509 g/mol. The van der Waals surface area contributed by atoms with Gasteiger partial charge in [0.25, 0.3) is 0 Å². The highest BCUT2D eigenvalue weighted by atomic mass is 19.1. The van der Waals surface area contributed by atoms with Crippen molar-refractivity contribution in [1.82, 2.24) is 9.99 Å². The monoisotopic (exact) mass is 544 g/mol. The van der Waals surface area contributed by atoms with E-state index in [0.717, 1.165) is 61.9 Å². The minimum absolute atomic E-state index is 0.193. The van der Waals surface area contributed by atoms with Gasteiger partial charge in [-0.25, -0.2) is 18.2 Å². The van der Waals surface area contributed by atoms with Gasteiger partial charge in [0.2, 0.25) is 0 Å². The number of benzene rings is 2. The van der Waals surface area contributed by atoms with Gasteiger partial charge >= 0.3 is 0 Å². The Labute approximate surface area is 234 Å². The largest absolute Gasteiger partial charge is 0.357 e. The SMILES string of the molecule is C=C(C1CCN(c2cc(-c3cc(CCC4(C)CC4)ccc3F)ccn2)CC1)N1N=CCC1c1cc(F)cc(F)c1. The van der Waals surface area contributed by atoms with E-state index in [-0.39, 0.29) is 17.8 Å². The van der Waals surface area contributed by atoms with Crippen LogP contribution in [-0.2, 0) is 6.42 Å². The van der Waals surface area contributed by atoms with E-state index in [9.17, 15) is 13.2 Å². The van der Waals surface area contributed by atoms with Gasteiger partial charge < -0.3 is 4.90 Å². The van der Waals surface area contributed by atoms with Crippen LogP contribution >= 0.6 is 0 Å². The number of pyridine rings is 1. The van der Waals surface area contributed by atoms with Gasteiger partial charge in [-0.15, -0.1) is 0 Å². The van der Waals surface area contributed by atoms with Crippen LogP contribution in [0.5, 0.6) is 0 Å². The minimum Gasteiger partial charge on any atom is -0.357 e. The van der Waals surface area contributed by atoms with Crippen LogP contribution in [-0.4, -0.2) is 29.3 Å². The molecule has 1 unspecified atom stereocenters. The van der Waals surface area contributed by atoms with Crippen molar-refractivity contribution in [3.63, 3.8) is 0 Å². The summed E-state index contributed by atoms with van der Waals surface area (Å²) in [6.07, 6.45) is 10.5. The first-order chi connectivity index (χ1) is 19.3. The van der Waals surface area contributed by atoms with E-state index in [1.165, 1.54) is 30.5 Å². The molecule has 2 aromatic carbocycles. The maximum absolute atomic E-state index is 14.9. The summed E-state index contributed by atoms with van der Waals surface area (Å²) in [4.78, 5) is 6.84. The highest BCUT2D eigenvalue weighted by molar-refractivity contribution is 5.68. The van der Waals surface area contributed by atoms with Gasteiger partial charge in [0, 0.05) is 55.2 Å². The summed E-state index contributed by atoms with van der Waals surface area (Å²) >= 11 is 0. The summed E-state index contributed by atoms with van der Waals surface area (Å²) in [6.45, 7) is 8.21. The number of hydrogen-bond donors (Lipinski definition) is 0. The topological polar surface area (TPSA) is 31.7 Å². The zero-order chi connectivity index (χ0) is 27.9. The molecule has 40 heavy (non-hydrogen) atoms. The van der Waals surface area contributed by atoms with Crippen molar-refractivity contribution in [1.29, 1.82) is 0 Å². The van der Waals surface area contributed by atoms with Gasteiger partial charge in [-0.05, 0) is 97.0 Å². The van der Waals surface area contributed by atoms with Crippen LogP contribution in [0.2, 0.25) is 0 Å². The molecule has 3 heterocycles. The smallest absolute Gasteiger partial charge is 0.131 e. The molecule has 1 atom stereocenters. The third kappa shape index (κ3) is 5.65. The second kappa shape index (κ2) is 10.8. The van der Waals surface area contributed by atoms with Crippen molar-refractivity contribution in [2.24, 2.45) is 16.4 Å². The molecule has 0 N–H and O–H groups in total. The minimum atomic E-state index is -0.588. The first-order valence-corrected chi connectivity index (χ1v) is 14.2. The van der Waals surface area contributed by atoms with E-state index in [0.29, 0.717) is 23.0 Å². The molecule has 1 saturated carbocycles. The Morgan fingerprint density at radius 1 is 1.00 bits per heavy atom. The zero-order valence-electron chi connectivity index (χ0n) is 22.9. The summed E-state index contributed by atoms with van der Waals surface area (Å²) < 4.78 is 42.6. The number of nitrogens with zero attached hydrogens (tertiary/aromatic N) is 4. The number of hydrogen-bond acceptors (Lipinski definition) is 4. The van der Waals surface area contributed by atoms with Gasteiger partial charge in [0.15, 0.2) is 0 Å². The lowest BCUT2D eigenvalue weighted by molar-refractivity contribution is 0.247. The number of allylic oxidation sites excluding steroid dienone is 1. The fraction of sp³-hybridized carbons (Fsp3) is 0.394. The lowest BCUT2D eigenvalue weighted by atomic mass is 9.92. The van der Waals surface area contributed by atoms with Crippen LogP contribution in [0.4, 0.5) is 19.0 Å². The molecule has 0 radical (unpaired) electrons. The molecule has 3 aromatic rings. The molecule has 0 amide bonds. The molecule has 3 aliphatic rings. The van der Waals surface area contributed by atoms with Crippen molar-refractivity contribution in [3.05, 3.63) is 95.6 Å². The summed E-state index contributed by atoms with van der Waals surface area (Å²) in [5, 5.41) is 6.32. The van der Waals surface area contributed by atoms with E-state index in [1.807, 2.05) is 29.3 Å². The highest BCUT2D eigenvalue weighted by Crippen LogP contribution is 2.48. The van der Waals surface area contributed by atoms with Crippen LogP contribution in [0.1, 0.15) is 62.6 Å². The van der Waals surface area contributed by atoms with Gasteiger partial charge in [-0.1, -0.05) is 19.6 Å². The van der Waals surface area contributed by atoms with Crippen molar-refractivity contribution in [2.75, 3.05) is 18.0 Å². The summed E-state index contributed by atoms with van der Waals surface area (Å²) in [6, 6.07) is 12.7. The third-order valence-electron chi connectivity index (χ3n) is 8.89. The summed E-state index contributed by atoms with van der Waals surface area (Å²) in [7, 11) is 0. The molecule has 0 bridgehead atoms. The number of halogens is 3. The van der Waals surface area contributed by atoms with E-state index in [1.54, 1.807) is 18.5 Å². The number of rotatable bonds is 8. The Morgan fingerprint density at radius 3 is 2.48 bits per heavy atom. The number of aromatic nitrogens is 1. The summed E-state index contributed by atoms with van der Waals surface area (Å²) in [5.41, 5.74) is 4.53. The zero-order valence-corrected chi connectivity index (χ0v) is 22.9. The molecular formula is C33H35F3N4. The van der Waals surface area contributed by atoms with Gasteiger partial charge in [0.1, 0.15) is 23.3 Å². The molecule has 0 spiro atoms. The molecule has 1 aliphatic carbocycles. The van der Waals surface area contributed by atoms with Crippen molar-refractivity contribution < 1.29 is 13.2 Å². The van der Waals surface area contributed by atoms with Crippen LogP contribution in [0.15, 0.2) is 72.1 Å². The van der Waals surface area contributed by atoms with Gasteiger partial charge in [0.05, 0.1) is 6.04 Å². The van der Waals surface area contributed by atoms with E-state index < -0.39 is 11.6 Å². The predicted molar refractivity (Wildman–Crippen MR) is 153 cm³/mol. The quantitative estimate of drug-likeness (QED) is 0.287. The maximum atomic E-state index is 14.9.